The van der Waals surface area contributed by atoms with Crippen LogP contribution in [-0.4, -0.2) is 52.4 Å². The second-order valence-electron chi connectivity index (χ2n) is 7.97. The van der Waals surface area contributed by atoms with Crippen LogP contribution < -0.4 is 5.56 Å². The van der Waals surface area contributed by atoms with E-state index >= 15 is 0 Å². The number of unbranched alkanes of at least 4 members (excludes halogenated alkanes) is 2. The first-order valence-corrected chi connectivity index (χ1v) is 10.8. The molecule has 0 aliphatic heterocycles. The lowest BCUT2D eigenvalue weighted by molar-refractivity contribution is -0.133. The van der Waals surface area contributed by atoms with Crippen LogP contribution in [0.4, 0.5) is 0 Å². The smallest absolute Gasteiger partial charge is 0.261 e. The van der Waals surface area contributed by atoms with E-state index in [0.717, 1.165) is 32.2 Å². The second-order valence-corrected chi connectivity index (χ2v) is 7.97. The van der Waals surface area contributed by atoms with Crippen LogP contribution in [0.1, 0.15) is 64.7 Å². The van der Waals surface area contributed by atoms with Gasteiger partial charge in [-0.25, -0.2) is 4.98 Å². The van der Waals surface area contributed by atoms with Crippen LogP contribution >= 0.6 is 0 Å². The largest absolute Gasteiger partial charge is 0.332 e. The van der Waals surface area contributed by atoms with E-state index in [0.29, 0.717) is 36.2 Å². The summed E-state index contributed by atoms with van der Waals surface area (Å²) in [7, 11) is 4.01. The summed E-state index contributed by atoms with van der Waals surface area (Å²) in [6.45, 7) is 8.18. The fraction of sp³-hybridized carbons (Fsp3) is 0.609. The molecule has 1 unspecified atom stereocenters. The third kappa shape index (κ3) is 5.89. The van der Waals surface area contributed by atoms with E-state index in [1.165, 1.54) is 0 Å². The number of hydrogen-bond donors (Lipinski definition) is 0. The van der Waals surface area contributed by atoms with Gasteiger partial charge in [0, 0.05) is 26.1 Å². The standard InChI is InChI=1S/C23H36N4O2/c1-6-8-9-14-21(28)26(17-16-25(4)5)18(3)22-24-20-13-11-10-12-19(20)23(29)27(22)15-7-2/h10-13,18H,6-9,14-17H2,1-5H3. The lowest BCUT2D eigenvalue weighted by Gasteiger charge is -2.31. The summed E-state index contributed by atoms with van der Waals surface area (Å²) in [5.41, 5.74) is 0.669. The summed E-state index contributed by atoms with van der Waals surface area (Å²) in [6, 6.07) is 7.20. The van der Waals surface area contributed by atoms with Crippen molar-refractivity contribution in [3.8, 4) is 0 Å². The predicted octanol–water partition coefficient (Wildman–Crippen LogP) is 3.84. The molecule has 1 aromatic carbocycles. The third-order valence-electron chi connectivity index (χ3n) is 5.28. The molecule has 2 rings (SSSR count). The fourth-order valence-electron chi connectivity index (χ4n) is 3.60. The normalized spacial score (nSPS) is 12.5. The summed E-state index contributed by atoms with van der Waals surface area (Å²) in [5.74, 6) is 0.816. The average Bonchev–Trinajstić information content (AvgIpc) is 2.70. The van der Waals surface area contributed by atoms with E-state index in [9.17, 15) is 9.59 Å². The molecule has 29 heavy (non-hydrogen) atoms. The Balaban J connectivity index is 2.45. The Morgan fingerprint density at radius 3 is 2.48 bits per heavy atom. The topological polar surface area (TPSA) is 58.4 Å². The number of para-hydroxylation sites is 1. The summed E-state index contributed by atoms with van der Waals surface area (Å²) < 4.78 is 1.76. The highest BCUT2D eigenvalue weighted by molar-refractivity contribution is 5.78. The Hall–Kier alpha value is -2.21. The van der Waals surface area contributed by atoms with Crippen molar-refractivity contribution in [1.29, 1.82) is 0 Å². The van der Waals surface area contributed by atoms with Gasteiger partial charge in [0.1, 0.15) is 5.82 Å². The molecule has 6 heteroatoms. The summed E-state index contributed by atoms with van der Waals surface area (Å²) in [5, 5.41) is 0.631. The van der Waals surface area contributed by atoms with Crippen molar-refractivity contribution in [3.63, 3.8) is 0 Å². The predicted molar refractivity (Wildman–Crippen MR) is 119 cm³/mol. The van der Waals surface area contributed by atoms with Gasteiger partial charge in [-0.15, -0.1) is 0 Å². The number of hydrogen-bond acceptors (Lipinski definition) is 4. The summed E-state index contributed by atoms with van der Waals surface area (Å²) in [4.78, 5) is 35.0. The molecule has 160 valence electrons. The lowest BCUT2D eigenvalue weighted by Crippen LogP contribution is -2.41. The van der Waals surface area contributed by atoms with Crippen molar-refractivity contribution in [1.82, 2.24) is 19.4 Å². The Labute approximate surface area is 174 Å². The molecule has 0 bridgehead atoms. The SMILES string of the molecule is CCCCCC(=O)N(CCN(C)C)C(C)c1nc2ccccc2c(=O)n1CCC. The molecule has 1 heterocycles. The first kappa shape index (κ1) is 23.1. The maximum atomic E-state index is 13.1. The van der Waals surface area contributed by atoms with Crippen LogP contribution in [0.15, 0.2) is 29.1 Å². The van der Waals surface area contributed by atoms with Crippen molar-refractivity contribution in [2.75, 3.05) is 27.2 Å². The number of carbonyl (C=O) groups excluding carboxylic acids is 1. The van der Waals surface area contributed by atoms with Crippen LogP contribution in [0, 0.1) is 0 Å². The molecule has 0 N–H and O–H groups in total. The minimum Gasteiger partial charge on any atom is -0.332 e. The third-order valence-corrected chi connectivity index (χ3v) is 5.28. The maximum absolute atomic E-state index is 13.1. The van der Waals surface area contributed by atoms with Crippen molar-refractivity contribution in [2.24, 2.45) is 0 Å². The molecule has 0 aliphatic carbocycles. The molecular formula is C23H36N4O2. The molecule has 0 fully saturated rings. The molecule has 1 atom stereocenters. The highest BCUT2D eigenvalue weighted by Crippen LogP contribution is 2.22. The highest BCUT2D eigenvalue weighted by Gasteiger charge is 2.25. The van der Waals surface area contributed by atoms with E-state index in [-0.39, 0.29) is 17.5 Å². The molecule has 0 aliphatic rings. The molecule has 1 amide bonds. The van der Waals surface area contributed by atoms with Crippen molar-refractivity contribution in [3.05, 3.63) is 40.4 Å². The molecule has 0 saturated heterocycles. The number of nitrogens with zero attached hydrogens (tertiary/aromatic N) is 4. The maximum Gasteiger partial charge on any atom is 0.261 e. The van der Waals surface area contributed by atoms with Crippen molar-refractivity contribution < 1.29 is 4.79 Å². The van der Waals surface area contributed by atoms with Gasteiger partial charge in [0.05, 0.1) is 16.9 Å². The molecule has 1 aromatic heterocycles. The summed E-state index contributed by atoms with van der Waals surface area (Å²) >= 11 is 0. The number of carbonyl (C=O) groups is 1. The Morgan fingerprint density at radius 2 is 1.83 bits per heavy atom. The van der Waals surface area contributed by atoms with E-state index < -0.39 is 0 Å². The first-order valence-electron chi connectivity index (χ1n) is 10.8. The Bertz CT molecular complexity index is 860. The zero-order chi connectivity index (χ0) is 21.4. The highest BCUT2D eigenvalue weighted by atomic mass is 16.2. The molecular weight excluding hydrogens is 364 g/mol. The molecule has 0 radical (unpaired) electrons. The number of benzene rings is 1. The minimum atomic E-state index is -0.257. The lowest BCUT2D eigenvalue weighted by atomic mass is 10.1. The first-order chi connectivity index (χ1) is 13.9. The van der Waals surface area contributed by atoms with Gasteiger partial charge < -0.3 is 9.80 Å². The Kier molecular flexibility index (Phi) is 8.83. The van der Waals surface area contributed by atoms with Crippen LogP contribution in [0.5, 0.6) is 0 Å². The monoisotopic (exact) mass is 400 g/mol. The van der Waals surface area contributed by atoms with Gasteiger partial charge >= 0.3 is 0 Å². The van der Waals surface area contributed by atoms with Gasteiger partial charge in [0.25, 0.3) is 5.56 Å². The minimum absolute atomic E-state index is 0.0229. The van der Waals surface area contributed by atoms with Gasteiger partial charge in [-0.3, -0.25) is 14.2 Å². The van der Waals surface area contributed by atoms with E-state index in [1.54, 1.807) is 4.57 Å². The van der Waals surface area contributed by atoms with Gasteiger partial charge in [-0.05, 0) is 46.0 Å². The molecule has 6 nitrogen and oxygen atoms in total. The van der Waals surface area contributed by atoms with E-state index in [1.807, 2.05) is 50.2 Å². The number of likely N-dealkylation sites (N-methyl/N-ethyl adjacent to an activating group) is 1. The van der Waals surface area contributed by atoms with Gasteiger partial charge in [0.2, 0.25) is 5.91 Å². The van der Waals surface area contributed by atoms with Crippen LogP contribution in [0.3, 0.4) is 0 Å². The van der Waals surface area contributed by atoms with Gasteiger partial charge in [0.15, 0.2) is 0 Å². The molecule has 2 aromatic rings. The number of rotatable bonds is 11. The van der Waals surface area contributed by atoms with E-state index in [2.05, 4.69) is 18.7 Å². The average molecular weight is 401 g/mol. The zero-order valence-corrected chi connectivity index (χ0v) is 18.6. The number of aromatic nitrogens is 2. The van der Waals surface area contributed by atoms with Gasteiger partial charge in [-0.1, -0.05) is 38.8 Å². The van der Waals surface area contributed by atoms with Crippen LogP contribution in [0.2, 0.25) is 0 Å². The number of amides is 1. The van der Waals surface area contributed by atoms with Crippen LogP contribution in [0.25, 0.3) is 10.9 Å². The van der Waals surface area contributed by atoms with Crippen molar-refractivity contribution >= 4 is 16.8 Å². The fourth-order valence-corrected chi connectivity index (χ4v) is 3.60. The molecule has 0 spiro atoms. The van der Waals surface area contributed by atoms with Crippen molar-refractivity contribution in [2.45, 2.75) is 65.5 Å². The Morgan fingerprint density at radius 1 is 1.10 bits per heavy atom. The van der Waals surface area contributed by atoms with E-state index in [4.69, 9.17) is 4.98 Å². The quantitative estimate of drug-likeness (QED) is 0.538. The summed E-state index contributed by atoms with van der Waals surface area (Å²) in [6.07, 6.45) is 4.41. The second kappa shape index (κ2) is 11.1. The molecule has 0 saturated carbocycles. The van der Waals surface area contributed by atoms with Crippen LogP contribution in [-0.2, 0) is 11.3 Å². The van der Waals surface area contributed by atoms with Gasteiger partial charge in [-0.2, -0.15) is 0 Å². The number of fused-ring (bicyclic) bond motifs is 1. The zero-order valence-electron chi connectivity index (χ0n) is 18.6.